The van der Waals surface area contributed by atoms with E-state index in [0.29, 0.717) is 6.40 Å². The van der Waals surface area contributed by atoms with Crippen LogP contribution in [0.2, 0.25) is 0 Å². The first-order chi connectivity index (χ1) is 4.22. The van der Waals surface area contributed by atoms with Gasteiger partial charge in [-0.3, -0.25) is 5.41 Å². The quantitative estimate of drug-likeness (QED) is 0.254. The lowest BCUT2D eigenvalue weighted by atomic mass is 10.5. The third kappa shape index (κ3) is 2.24. The van der Waals surface area contributed by atoms with Crippen LogP contribution in [0.4, 0.5) is 0 Å². The number of nitrogens with one attached hydrogen (secondary N) is 1. The predicted octanol–water partition coefficient (Wildman–Crippen LogP) is 0.613. The number of rotatable bonds is 2. The highest BCUT2D eigenvalue weighted by Crippen LogP contribution is 1.92. The molecule has 0 aliphatic heterocycles. The molecule has 0 aromatic rings. The summed E-state index contributed by atoms with van der Waals surface area (Å²) < 4.78 is 4.02. The van der Waals surface area contributed by atoms with Crippen molar-refractivity contribution in [1.29, 1.82) is 5.41 Å². The highest BCUT2D eigenvalue weighted by Gasteiger charge is 2.15. The molecule has 46 valence electrons. The van der Waals surface area contributed by atoms with Crippen molar-refractivity contribution < 1.29 is 9.53 Å². The van der Waals surface area contributed by atoms with Crippen LogP contribution >= 0.6 is 0 Å². The second-order valence-electron chi connectivity index (χ2n) is 1.10. The molecule has 0 aliphatic carbocycles. The number of nitrogens with zero attached hydrogens (tertiary/aromatic N) is 1. The molecule has 0 bridgehead atoms. The van der Waals surface area contributed by atoms with Crippen LogP contribution in [-0.2, 0) is 9.53 Å². The highest BCUT2D eigenvalue weighted by molar-refractivity contribution is 5.93. The van der Waals surface area contributed by atoms with E-state index in [-0.39, 0.29) is 5.70 Å². The lowest BCUT2D eigenvalue weighted by molar-refractivity contribution is -0.130. The first-order valence-corrected chi connectivity index (χ1v) is 2.02. The summed E-state index contributed by atoms with van der Waals surface area (Å²) in [6.07, 6.45) is 0.485. The molecule has 0 heterocycles. The minimum Gasteiger partial charge on any atom is -0.406 e. The van der Waals surface area contributed by atoms with Crippen molar-refractivity contribution in [3.05, 3.63) is 17.1 Å². The van der Waals surface area contributed by atoms with Gasteiger partial charge < -0.3 is 4.74 Å². The van der Waals surface area contributed by atoms with Gasteiger partial charge in [0.25, 0.3) is 6.57 Å². The minimum absolute atomic E-state index is 0.210. The smallest absolute Gasteiger partial charge is 0.406 e. The zero-order valence-corrected chi connectivity index (χ0v) is 4.63. The van der Waals surface area contributed by atoms with Gasteiger partial charge in [-0.05, 0) is 4.85 Å². The number of hydrogen-bond acceptors (Lipinski definition) is 3. The zero-order valence-electron chi connectivity index (χ0n) is 4.63. The van der Waals surface area contributed by atoms with Gasteiger partial charge in [-0.2, -0.15) is 0 Å². The molecule has 0 spiro atoms. The Bertz CT molecular complexity index is 190. The summed E-state index contributed by atoms with van der Waals surface area (Å²) in [5.74, 6) is -0.813. The van der Waals surface area contributed by atoms with Crippen LogP contribution in [0.1, 0.15) is 0 Å². The Balaban J connectivity index is 3.92. The third-order valence-electron chi connectivity index (χ3n) is 0.557. The monoisotopic (exact) mass is 125 g/mol. The van der Waals surface area contributed by atoms with Crippen LogP contribution < -0.4 is 0 Å². The van der Waals surface area contributed by atoms with Gasteiger partial charge in [-0.15, -0.1) is 0 Å². The molecular formula is C5H5N2O2+. The highest BCUT2D eigenvalue weighted by atomic mass is 16.5. The van der Waals surface area contributed by atoms with Crippen molar-refractivity contribution in [3.63, 3.8) is 0 Å². The van der Waals surface area contributed by atoms with Crippen molar-refractivity contribution >= 4 is 12.4 Å². The summed E-state index contributed by atoms with van der Waals surface area (Å²) in [5.41, 5.74) is -0.210. The Morgan fingerprint density at radius 2 is 2.44 bits per heavy atom. The van der Waals surface area contributed by atoms with Crippen LogP contribution in [0, 0.1) is 12.0 Å². The van der Waals surface area contributed by atoms with E-state index in [1.54, 1.807) is 0 Å². The fraction of sp³-hybridized carbons (Fsp3) is 0. The molecule has 0 saturated heterocycles. The van der Waals surface area contributed by atoms with Crippen molar-refractivity contribution in [2.75, 3.05) is 0 Å². The molecule has 4 nitrogen and oxygen atoms in total. The van der Waals surface area contributed by atoms with Gasteiger partial charge in [0.1, 0.15) is 0 Å². The van der Waals surface area contributed by atoms with Gasteiger partial charge >= 0.3 is 11.7 Å². The maximum atomic E-state index is 10.3. The van der Waals surface area contributed by atoms with Gasteiger partial charge in [0.2, 0.25) is 0 Å². The molecule has 9 heavy (non-hydrogen) atoms. The second-order valence-corrected chi connectivity index (χ2v) is 1.10. The lowest BCUT2D eigenvalue weighted by Crippen LogP contribution is -2.01. The molecule has 0 rings (SSSR count). The average molecular weight is 125 g/mol. The molecule has 0 unspecified atom stereocenters. The van der Waals surface area contributed by atoms with E-state index in [9.17, 15) is 4.79 Å². The fourth-order valence-corrected chi connectivity index (χ4v) is 0.174. The average Bonchev–Trinajstić information content (AvgIpc) is 1.87. The third-order valence-corrected chi connectivity index (χ3v) is 0.557. The lowest BCUT2D eigenvalue weighted by Gasteiger charge is -1.83. The maximum Gasteiger partial charge on any atom is 0.429 e. The summed E-state index contributed by atoms with van der Waals surface area (Å²) >= 11 is 0. The van der Waals surface area contributed by atoms with Crippen LogP contribution in [0.15, 0.2) is 12.3 Å². The van der Waals surface area contributed by atoms with E-state index in [4.69, 9.17) is 5.41 Å². The Morgan fingerprint density at radius 3 is 2.78 bits per heavy atom. The maximum absolute atomic E-state index is 10.3. The van der Waals surface area contributed by atoms with Crippen LogP contribution in [0.3, 0.4) is 0 Å². The van der Waals surface area contributed by atoms with E-state index < -0.39 is 5.97 Å². The first-order valence-electron chi connectivity index (χ1n) is 2.02. The molecule has 0 saturated carbocycles. The molecule has 0 radical (unpaired) electrons. The topological polar surface area (TPSA) is 54.5 Å². The van der Waals surface area contributed by atoms with E-state index in [1.807, 2.05) is 0 Å². The summed E-state index contributed by atoms with van der Waals surface area (Å²) in [6, 6.07) is 0. The Morgan fingerprint density at radius 1 is 1.89 bits per heavy atom. The molecule has 0 aromatic heterocycles. The minimum atomic E-state index is -0.813. The number of ether oxygens (including phenoxy) is 1. The molecule has 0 aliphatic rings. The van der Waals surface area contributed by atoms with Crippen molar-refractivity contribution in [2.24, 2.45) is 0 Å². The van der Waals surface area contributed by atoms with Gasteiger partial charge in [-0.25, -0.2) is 4.79 Å². The number of hydrogen-bond donors (Lipinski definition) is 1. The normalized spacial score (nSPS) is 7.00. The van der Waals surface area contributed by atoms with Crippen LogP contribution in [-0.4, -0.2) is 12.4 Å². The Hall–Kier alpha value is -1.63. The number of carbonyl (C=O) groups is 1. The van der Waals surface area contributed by atoms with E-state index >= 15 is 0 Å². The Kier molecular flexibility index (Phi) is 2.77. The molecule has 0 aromatic carbocycles. The Labute approximate surface area is 52.1 Å². The summed E-state index contributed by atoms with van der Waals surface area (Å²) in [7, 11) is 0. The first kappa shape index (κ1) is 7.37. The second kappa shape index (κ2) is 3.38. The van der Waals surface area contributed by atoms with Crippen molar-refractivity contribution in [2.45, 2.75) is 0 Å². The van der Waals surface area contributed by atoms with Gasteiger partial charge in [-0.1, -0.05) is 0 Å². The molecular weight excluding hydrogens is 120 g/mol. The molecule has 0 amide bonds. The summed E-state index contributed by atoms with van der Waals surface area (Å²) in [4.78, 5) is 13.3. The van der Waals surface area contributed by atoms with Gasteiger partial charge in [0, 0.05) is 6.58 Å². The van der Waals surface area contributed by atoms with E-state index in [1.165, 1.54) is 0 Å². The number of esters is 1. The van der Waals surface area contributed by atoms with Crippen molar-refractivity contribution in [1.82, 2.24) is 0 Å². The van der Waals surface area contributed by atoms with Gasteiger partial charge in [0.15, 0.2) is 6.40 Å². The van der Waals surface area contributed by atoms with Gasteiger partial charge in [0.05, 0.1) is 0 Å². The number of carbonyl (C=O) groups excluding carboxylic acids is 1. The summed E-state index contributed by atoms with van der Waals surface area (Å²) in [6.45, 7) is 7.77. The molecule has 0 fully saturated rings. The fourth-order valence-electron chi connectivity index (χ4n) is 0.174. The van der Waals surface area contributed by atoms with E-state index in [2.05, 4.69) is 22.7 Å². The SMILES string of the molecule is C#[N+]C(=C)C(=O)OC=N. The molecule has 4 heteroatoms. The predicted molar refractivity (Wildman–Crippen MR) is 32.3 cm³/mol. The summed E-state index contributed by atoms with van der Waals surface area (Å²) in [5, 5.41) is 6.31. The zero-order chi connectivity index (χ0) is 7.28. The molecule has 1 N–H and O–H groups in total. The van der Waals surface area contributed by atoms with Crippen molar-refractivity contribution in [3.8, 4) is 6.57 Å². The standard InChI is InChI=1S/C5H5N2O2/c1-4(7-2)5(8)9-3-6/h2-3,6H,1H2/q+1. The molecule has 0 atom stereocenters. The van der Waals surface area contributed by atoms with Crippen LogP contribution in [0.5, 0.6) is 0 Å². The van der Waals surface area contributed by atoms with E-state index in [0.717, 1.165) is 0 Å². The largest absolute Gasteiger partial charge is 0.429 e. The van der Waals surface area contributed by atoms with Crippen LogP contribution in [0.25, 0.3) is 4.85 Å².